The lowest BCUT2D eigenvalue weighted by Gasteiger charge is -2.16. The van der Waals surface area contributed by atoms with Crippen molar-refractivity contribution >= 4 is 22.6 Å². The second-order valence-corrected chi connectivity index (χ2v) is 6.56. The van der Waals surface area contributed by atoms with Gasteiger partial charge in [-0.2, -0.15) is 0 Å². The minimum absolute atomic E-state index is 0.00581. The Kier molecular flexibility index (Phi) is 4.40. The van der Waals surface area contributed by atoms with Gasteiger partial charge in [-0.25, -0.2) is 0 Å². The number of likely N-dealkylation sites (tertiary alicyclic amines) is 1. The molecule has 4 rings (SSSR count). The molecule has 0 spiro atoms. The van der Waals surface area contributed by atoms with Crippen molar-refractivity contribution in [3.63, 3.8) is 0 Å². The molecule has 1 heterocycles. The number of carbonyl (C=O) groups excluding carboxylic acids is 2. The summed E-state index contributed by atoms with van der Waals surface area (Å²) in [5, 5.41) is 1.92. The Hall–Kier alpha value is -3.14. The molecule has 0 bridgehead atoms. The van der Waals surface area contributed by atoms with E-state index in [1.807, 2.05) is 66.7 Å². The Bertz CT molecular complexity index is 947. The first-order valence-corrected chi connectivity index (χ1v) is 8.72. The van der Waals surface area contributed by atoms with Crippen LogP contribution in [0.3, 0.4) is 0 Å². The van der Waals surface area contributed by atoms with Gasteiger partial charge in [-0.3, -0.25) is 9.59 Å². The average molecular weight is 345 g/mol. The van der Waals surface area contributed by atoms with Gasteiger partial charge in [0.2, 0.25) is 5.91 Å². The van der Waals surface area contributed by atoms with E-state index in [4.69, 9.17) is 4.74 Å². The van der Waals surface area contributed by atoms with E-state index in [1.54, 1.807) is 11.0 Å². The first-order valence-electron chi connectivity index (χ1n) is 8.72. The average Bonchev–Trinajstić information content (AvgIpc) is 3.03. The molecule has 4 heteroatoms. The number of fused-ring (bicyclic) bond motifs is 1. The molecule has 3 aromatic carbocycles. The lowest BCUT2D eigenvalue weighted by molar-refractivity contribution is -0.139. The summed E-state index contributed by atoms with van der Waals surface area (Å²) >= 11 is 0. The molecule has 0 N–H and O–H groups in total. The highest BCUT2D eigenvalue weighted by atomic mass is 16.5. The summed E-state index contributed by atoms with van der Waals surface area (Å²) < 4.78 is 5.64. The number of hydrogen-bond acceptors (Lipinski definition) is 3. The molecular formula is C22H19NO3. The summed E-state index contributed by atoms with van der Waals surface area (Å²) in [6.45, 7) is 0.926. The second-order valence-electron chi connectivity index (χ2n) is 6.56. The number of nitrogens with zero attached hydrogens (tertiary/aromatic N) is 1. The van der Waals surface area contributed by atoms with Crippen LogP contribution < -0.4 is 4.74 Å². The van der Waals surface area contributed by atoms with Crippen molar-refractivity contribution in [2.45, 2.75) is 13.0 Å². The number of amides is 1. The summed E-state index contributed by atoms with van der Waals surface area (Å²) in [6, 6.07) is 23.2. The molecule has 26 heavy (non-hydrogen) atoms. The number of esters is 1. The van der Waals surface area contributed by atoms with Crippen molar-refractivity contribution in [1.29, 1.82) is 0 Å². The van der Waals surface area contributed by atoms with Crippen molar-refractivity contribution in [3.8, 4) is 5.75 Å². The Morgan fingerprint density at radius 3 is 2.54 bits per heavy atom. The molecule has 3 aromatic rings. The number of hydrogen-bond donors (Lipinski definition) is 0. The number of carbonyl (C=O) groups is 2. The van der Waals surface area contributed by atoms with Gasteiger partial charge in [0.25, 0.3) is 0 Å². The van der Waals surface area contributed by atoms with E-state index in [0.29, 0.717) is 18.8 Å². The van der Waals surface area contributed by atoms with E-state index in [1.165, 1.54) is 0 Å². The molecule has 1 aliphatic heterocycles. The van der Waals surface area contributed by atoms with Crippen LogP contribution >= 0.6 is 0 Å². The Labute approximate surface area is 152 Å². The summed E-state index contributed by atoms with van der Waals surface area (Å²) in [5.74, 6) is -0.230. The van der Waals surface area contributed by atoms with E-state index in [2.05, 4.69) is 0 Å². The highest BCUT2D eigenvalue weighted by molar-refractivity contribution is 5.92. The molecule has 4 nitrogen and oxygen atoms in total. The van der Waals surface area contributed by atoms with Crippen LogP contribution in [-0.2, 0) is 16.1 Å². The van der Waals surface area contributed by atoms with Crippen molar-refractivity contribution in [2.75, 3.05) is 6.54 Å². The predicted octanol–water partition coefficient (Wildman–Crippen LogP) is 3.79. The van der Waals surface area contributed by atoms with Gasteiger partial charge in [-0.05, 0) is 17.0 Å². The summed E-state index contributed by atoms with van der Waals surface area (Å²) in [4.78, 5) is 26.6. The van der Waals surface area contributed by atoms with Gasteiger partial charge in [0.05, 0.1) is 5.92 Å². The van der Waals surface area contributed by atoms with Crippen LogP contribution in [0.15, 0.2) is 72.8 Å². The van der Waals surface area contributed by atoms with E-state index in [9.17, 15) is 9.59 Å². The minimum atomic E-state index is -0.426. The zero-order chi connectivity index (χ0) is 17.9. The standard InChI is InChI=1S/C22H19NO3/c24-21-13-18(15-23(21)14-16-7-2-1-3-8-16)22(25)26-20-12-6-10-17-9-4-5-11-19(17)20/h1-12,18H,13-15H2. The van der Waals surface area contributed by atoms with Crippen molar-refractivity contribution in [2.24, 2.45) is 5.92 Å². The fourth-order valence-corrected chi connectivity index (χ4v) is 3.36. The maximum absolute atomic E-state index is 12.6. The van der Waals surface area contributed by atoms with E-state index in [0.717, 1.165) is 16.3 Å². The molecule has 1 unspecified atom stereocenters. The fraction of sp³-hybridized carbons (Fsp3) is 0.182. The summed E-state index contributed by atoms with van der Waals surface area (Å²) in [7, 11) is 0. The van der Waals surface area contributed by atoms with Crippen LogP contribution in [0.4, 0.5) is 0 Å². The van der Waals surface area contributed by atoms with Crippen molar-refractivity contribution < 1.29 is 14.3 Å². The Balaban J connectivity index is 1.46. The van der Waals surface area contributed by atoms with Crippen LogP contribution in [0.25, 0.3) is 10.8 Å². The maximum Gasteiger partial charge on any atom is 0.316 e. The van der Waals surface area contributed by atoms with E-state index >= 15 is 0 Å². The maximum atomic E-state index is 12.6. The van der Waals surface area contributed by atoms with Gasteiger partial charge in [0.1, 0.15) is 5.75 Å². The number of ether oxygens (including phenoxy) is 1. The molecule has 1 amide bonds. The SMILES string of the molecule is O=C(Oc1cccc2ccccc12)C1CC(=O)N(Cc2ccccc2)C1. The number of rotatable bonds is 4. The van der Waals surface area contributed by atoms with Crippen LogP contribution in [-0.4, -0.2) is 23.3 Å². The smallest absolute Gasteiger partial charge is 0.316 e. The van der Waals surface area contributed by atoms with Crippen LogP contribution in [0.1, 0.15) is 12.0 Å². The highest BCUT2D eigenvalue weighted by Crippen LogP contribution is 2.28. The fourth-order valence-electron chi connectivity index (χ4n) is 3.36. The largest absolute Gasteiger partial charge is 0.426 e. The lowest BCUT2D eigenvalue weighted by atomic mass is 10.1. The zero-order valence-electron chi connectivity index (χ0n) is 14.3. The van der Waals surface area contributed by atoms with Crippen LogP contribution in [0.2, 0.25) is 0 Å². The van der Waals surface area contributed by atoms with Crippen LogP contribution in [0.5, 0.6) is 5.75 Å². The topological polar surface area (TPSA) is 46.6 Å². The van der Waals surface area contributed by atoms with Gasteiger partial charge < -0.3 is 9.64 Å². The summed E-state index contributed by atoms with van der Waals surface area (Å²) in [6.07, 6.45) is 0.205. The molecule has 1 atom stereocenters. The molecule has 1 fully saturated rings. The monoisotopic (exact) mass is 345 g/mol. The van der Waals surface area contributed by atoms with E-state index < -0.39 is 5.92 Å². The third kappa shape index (κ3) is 3.31. The highest BCUT2D eigenvalue weighted by Gasteiger charge is 2.35. The molecule has 0 aromatic heterocycles. The van der Waals surface area contributed by atoms with E-state index in [-0.39, 0.29) is 18.3 Å². The quantitative estimate of drug-likeness (QED) is 0.534. The van der Waals surface area contributed by atoms with Crippen molar-refractivity contribution in [1.82, 2.24) is 4.90 Å². The summed E-state index contributed by atoms with van der Waals surface area (Å²) in [5.41, 5.74) is 1.06. The molecular weight excluding hydrogens is 326 g/mol. The van der Waals surface area contributed by atoms with Gasteiger partial charge in [0, 0.05) is 24.9 Å². The Morgan fingerprint density at radius 1 is 0.962 bits per heavy atom. The van der Waals surface area contributed by atoms with Gasteiger partial charge in [-0.1, -0.05) is 66.7 Å². The normalized spacial score (nSPS) is 16.8. The first-order chi connectivity index (χ1) is 12.7. The van der Waals surface area contributed by atoms with Crippen molar-refractivity contribution in [3.05, 3.63) is 78.4 Å². The number of benzene rings is 3. The van der Waals surface area contributed by atoms with Gasteiger partial charge in [0.15, 0.2) is 0 Å². The molecule has 0 radical (unpaired) electrons. The van der Waals surface area contributed by atoms with Gasteiger partial charge >= 0.3 is 5.97 Å². The van der Waals surface area contributed by atoms with Crippen LogP contribution in [0, 0.1) is 5.92 Å². The minimum Gasteiger partial charge on any atom is -0.426 e. The first kappa shape index (κ1) is 16.3. The lowest BCUT2D eigenvalue weighted by Crippen LogP contribution is -2.27. The molecule has 0 aliphatic carbocycles. The predicted molar refractivity (Wildman–Crippen MR) is 99.5 cm³/mol. The molecule has 1 saturated heterocycles. The molecule has 1 aliphatic rings. The third-order valence-electron chi connectivity index (χ3n) is 4.72. The zero-order valence-corrected chi connectivity index (χ0v) is 14.3. The second kappa shape index (κ2) is 7.00. The molecule has 130 valence electrons. The molecule has 0 saturated carbocycles. The van der Waals surface area contributed by atoms with Gasteiger partial charge in [-0.15, -0.1) is 0 Å². The Morgan fingerprint density at radius 2 is 1.69 bits per heavy atom. The third-order valence-corrected chi connectivity index (χ3v) is 4.72.